The van der Waals surface area contributed by atoms with Crippen LogP contribution >= 0.6 is 0 Å². The predicted molar refractivity (Wildman–Crippen MR) is 36.8 cm³/mol. The molecule has 3 N–H and O–H groups in total. The van der Waals surface area contributed by atoms with Gasteiger partial charge in [-0.25, -0.2) is 4.79 Å². The summed E-state index contributed by atoms with van der Waals surface area (Å²) in [4.78, 5) is 13.0. The van der Waals surface area contributed by atoms with Gasteiger partial charge in [0.05, 0.1) is 5.54 Å². The third-order valence-corrected chi connectivity index (χ3v) is 2.16. The number of nitrogens with one attached hydrogen (secondary N) is 1. The van der Waals surface area contributed by atoms with E-state index in [4.69, 9.17) is 5.73 Å². The molecule has 5 nitrogen and oxygen atoms in total. The fourth-order valence-corrected chi connectivity index (χ4v) is 1.24. The van der Waals surface area contributed by atoms with Gasteiger partial charge in [-0.3, -0.25) is 9.51 Å². The number of nitrogens with zero attached hydrogens (tertiary/aromatic N) is 1. The first-order chi connectivity index (χ1) is 5.21. The summed E-state index contributed by atoms with van der Waals surface area (Å²) in [5.41, 5.74) is 5.42. The van der Waals surface area contributed by atoms with E-state index in [1.165, 1.54) is 0 Å². The van der Waals surface area contributed by atoms with E-state index in [9.17, 15) is 4.79 Å². The van der Waals surface area contributed by atoms with Crippen LogP contribution in [0.4, 0.5) is 0 Å². The Hall–Kier alpha value is -1.10. The smallest absolute Gasteiger partial charge is 0.319 e. The Bertz CT molecular complexity index is 310. The Morgan fingerprint density at radius 3 is 2.73 bits per heavy atom. The van der Waals surface area contributed by atoms with Crippen LogP contribution in [-0.4, -0.2) is 10.1 Å². The number of aromatic nitrogens is 2. The zero-order valence-corrected chi connectivity index (χ0v) is 5.96. The van der Waals surface area contributed by atoms with E-state index in [0.717, 1.165) is 19.3 Å². The minimum absolute atomic E-state index is 0.424. The molecule has 2 rings (SSSR count). The van der Waals surface area contributed by atoms with E-state index in [1.54, 1.807) is 0 Å². The van der Waals surface area contributed by atoms with Crippen molar-refractivity contribution < 1.29 is 4.52 Å². The van der Waals surface area contributed by atoms with Crippen molar-refractivity contribution in [1.29, 1.82) is 0 Å². The molecule has 0 bridgehead atoms. The topological polar surface area (TPSA) is 84.9 Å². The molecule has 0 radical (unpaired) electrons. The molecule has 1 aliphatic rings. The van der Waals surface area contributed by atoms with Crippen molar-refractivity contribution in [1.82, 2.24) is 10.1 Å². The number of H-pyrrole nitrogens is 1. The molecule has 1 aliphatic carbocycles. The zero-order valence-electron chi connectivity index (χ0n) is 5.96. The van der Waals surface area contributed by atoms with Crippen molar-refractivity contribution in [2.75, 3.05) is 0 Å². The minimum atomic E-state index is -0.531. The lowest BCUT2D eigenvalue weighted by atomic mass is 9.77. The summed E-state index contributed by atoms with van der Waals surface area (Å²) in [6, 6.07) is 0. The van der Waals surface area contributed by atoms with Gasteiger partial charge in [-0.05, 0) is 19.3 Å². The van der Waals surface area contributed by atoms with Crippen LogP contribution in [0, 0.1) is 0 Å². The number of hydrogen-bond donors (Lipinski definition) is 2. The van der Waals surface area contributed by atoms with Gasteiger partial charge in [-0.15, -0.1) is 0 Å². The van der Waals surface area contributed by atoms with Gasteiger partial charge in [0.15, 0.2) is 5.82 Å². The molecule has 0 spiro atoms. The Balaban J connectivity index is 2.35. The number of rotatable bonds is 1. The van der Waals surface area contributed by atoms with E-state index in [-0.39, 0.29) is 0 Å². The summed E-state index contributed by atoms with van der Waals surface area (Å²) in [6.45, 7) is 0. The van der Waals surface area contributed by atoms with Crippen LogP contribution in [0.1, 0.15) is 25.1 Å². The van der Waals surface area contributed by atoms with Crippen LogP contribution in [-0.2, 0) is 5.54 Å². The van der Waals surface area contributed by atoms with Gasteiger partial charge in [0.1, 0.15) is 0 Å². The predicted octanol–water partition coefficient (Wildman–Crippen LogP) is -0.299. The highest BCUT2D eigenvalue weighted by Gasteiger charge is 2.38. The SMILES string of the molecule is NC1(c2noc(=O)[nH]2)CCC1. The molecule has 60 valence electrons. The first kappa shape index (κ1) is 6.60. The van der Waals surface area contributed by atoms with Crippen molar-refractivity contribution in [3.05, 3.63) is 16.4 Å². The largest absolute Gasteiger partial charge is 0.438 e. The number of aromatic amines is 1. The minimum Gasteiger partial charge on any atom is -0.319 e. The second kappa shape index (κ2) is 1.94. The molecule has 0 aromatic carbocycles. The lowest BCUT2D eigenvalue weighted by molar-refractivity contribution is 0.229. The molecule has 0 aliphatic heterocycles. The average molecular weight is 155 g/mol. The summed E-state index contributed by atoms with van der Waals surface area (Å²) in [6.07, 6.45) is 2.83. The van der Waals surface area contributed by atoms with Gasteiger partial charge < -0.3 is 5.73 Å². The second-order valence-electron chi connectivity index (χ2n) is 2.95. The normalized spacial score (nSPS) is 21.2. The molecule has 1 heterocycles. The van der Waals surface area contributed by atoms with Crippen molar-refractivity contribution in [2.45, 2.75) is 24.8 Å². The van der Waals surface area contributed by atoms with Gasteiger partial charge in [-0.1, -0.05) is 5.16 Å². The summed E-state index contributed by atoms with van der Waals surface area (Å²) < 4.78 is 4.35. The average Bonchev–Trinajstić information content (AvgIpc) is 2.31. The highest BCUT2D eigenvalue weighted by atomic mass is 16.5. The molecule has 1 fully saturated rings. The highest BCUT2D eigenvalue weighted by molar-refractivity contribution is 5.06. The van der Waals surface area contributed by atoms with Crippen LogP contribution in [0.5, 0.6) is 0 Å². The Labute approximate surface area is 62.6 Å². The highest BCUT2D eigenvalue weighted by Crippen LogP contribution is 2.35. The second-order valence-corrected chi connectivity index (χ2v) is 2.95. The third kappa shape index (κ3) is 0.883. The van der Waals surface area contributed by atoms with Gasteiger partial charge in [-0.2, -0.15) is 0 Å². The Kier molecular flexibility index (Phi) is 1.17. The maximum absolute atomic E-state index is 10.5. The molecule has 0 saturated heterocycles. The van der Waals surface area contributed by atoms with Crippen LogP contribution in [0.2, 0.25) is 0 Å². The van der Waals surface area contributed by atoms with E-state index >= 15 is 0 Å². The summed E-state index contributed by atoms with van der Waals surface area (Å²) in [5.74, 6) is -0.0505. The lowest BCUT2D eigenvalue weighted by Crippen LogP contribution is -2.44. The van der Waals surface area contributed by atoms with Crippen LogP contribution in [0.3, 0.4) is 0 Å². The summed E-state index contributed by atoms with van der Waals surface area (Å²) in [5, 5.41) is 3.54. The number of nitrogens with two attached hydrogens (primary N) is 1. The van der Waals surface area contributed by atoms with Crippen molar-refractivity contribution in [2.24, 2.45) is 5.73 Å². The lowest BCUT2D eigenvalue weighted by Gasteiger charge is -2.34. The maximum atomic E-state index is 10.5. The van der Waals surface area contributed by atoms with Crippen LogP contribution < -0.4 is 11.5 Å². The van der Waals surface area contributed by atoms with Gasteiger partial charge in [0.2, 0.25) is 0 Å². The molecule has 1 aromatic heterocycles. The first-order valence-electron chi connectivity index (χ1n) is 3.56. The summed E-state index contributed by atoms with van der Waals surface area (Å²) >= 11 is 0. The molecular formula is C6H9N3O2. The molecule has 0 atom stereocenters. The molecule has 5 heteroatoms. The molecule has 11 heavy (non-hydrogen) atoms. The molecule has 1 aromatic rings. The Morgan fingerprint density at radius 1 is 1.64 bits per heavy atom. The van der Waals surface area contributed by atoms with Crippen LogP contribution in [0.15, 0.2) is 9.32 Å². The fraction of sp³-hybridized carbons (Fsp3) is 0.667. The molecule has 0 amide bonds. The van der Waals surface area contributed by atoms with Gasteiger partial charge in [0, 0.05) is 0 Å². The standard InChI is InChI=1S/C6H9N3O2/c7-6(2-1-3-6)4-8-5(10)11-9-4/h1-3,7H2,(H,8,9,10). The third-order valence-electron chi connectivity index (χ3n) is 2.16. The van der Waals surface area contributed by atoms with Crippen LogP contribution in [0.25, 0.3) is 0 Å². The maximum Gasteiger partial charge on any atom is 0.438 e. The van der Waals surface area contributed by atoms with Crippen molar-refractivity contribution >= 4 is 0 Å². The van der Waals surface area contributed by atoms with Gasteiger partial charge >= 0.3 is 5.76 Å². The fourth-order valence-electron chi connectivity index (χ4n) is 1.24. The summed E-state index contributed by atoms with van der Waals surface area (Å²) in [7, 11) is 0. The monoisotopic (exact) mass is 155 g/mol. The first-order valence-corrected chi connectivity index (χ1v) is 3.56. The van der Waals surface area contributed by atoms with Crippen molar-refractivity contribution in [3.8, 4) is 0 Å². The van der Waals surface area contributed by atoms with E-state index in [1.807, 2.05) is 0 Å². The molecular weight excluding hydrogens is 146 g/mol. The van der Waals surface area contributed by atoms with E-state index in [0.29, 0.717) is 5.82 Å². The quantitative estimate of drug-likeness (QED) is 0.583. The molecule has 0 unspecified atom stereocenters. The van der Waals surface area contributed by atoms with E-state index in [2.05, 4.69) is 14.7 Å². The Morgan fingerprint density at radius 2 is 2.36 bits per heavy atom. The van der Waals surface area contributed by atoms with Gasteiger partial charge in [0.25, 0.3) is 0 Å². The number of hydrogen-bond acceptors (Lipinski definition) is 4. The van der Waals surface area contributed by atoms with E-state index < -0.39 is 11.3 Å². The van der Waals surface area contributed by atoms with Crippen molar-refractivity contribution in [3.63, 3.8) is 0 Å². The zero-order chi connectivity index (χ0) is 7.90. The molecule has 1 saturated carbocycles.